The van der Waals surface area contributed by atoms with Gasteiger partial charge in [0.2, 0.25) is 0 Å². The molecule has 0 atom stereocenters. The van der Waals surface area contributed by atoms with E-state index in [-0.39, 0.29) is 16.5 Å². The summed E-state index contributed by atoms with van der Waals surface area (Å²) in [4.78, 5) is 0.790. The van der Waals surface area contributed by atoms with Crippen molar-refractivity contribution < 1.29 is 8.42 Å². The molecule has 0 amide bonds. The van der Waals surface area contributed by atoms with Crippen molar-refractivity contribution in [1.82, 2.24) is 0 Å². The van der Waals surface area contributed by atoms with Crippen LogP contribution in [-0.4, -0.2) is 8.42 Å². The van der Waals surface area contributed by atoms with E-state index in [0.717, 1.165) is 0 Å². The second-order valence-electron chi connectivity index (χ2n) is 3.65. The van der Waals surface area contributed by atoms with Crippen molar-refractivity contribution in [3.63, 3.8) is 0 Å². The third-order valence-electron chi connectivity index (χ3n) is 2.35. The van der Waals surface area contributed by atoms with E-state index in [0.29, 0.717) is 15.6 Å². The molecule has 2 aromatic rings. The summed E-state index contributed by atoms with van der Waals surface area (Å²) in [7, 11) is -3.66. The van der Waals surface area contributed by atoms with Crippen LogP contribution in [0.5, 0.6) is 0 Å². The van der Waals surface area contributed by atoms with E-state index in [2.05, 4.69) is 4.72 Å². The molecular formula is C11H10Cl2N2O2S2. The lowest BCUT2D eigenvalue weighted by Gasteiger charge is -2.09. The summed E-state index contributed by atoms with van der Waals surface area (Å²) in [5, 5.41) is 2.33. The number of rotatable bonds is 4. The molecule has 0 saturated carbocycles. The average molecular weight is 337 g/mol. The number of hydrogen-bond donors (Lipinski definition) is 2. The van der Waals surface area contributed by atoms with Gasteiger partial charge in [0.05, 0.1) is 15.7 Å². The monoisotopic (exact) mass is 336 g/mol. The normalized spacial score (nSPS) is 11.5. The second kappa shape index (κ2) is 5.68. The van der Waals surface area contributed by atoms with Crippen molar-refractivity contribution in [2.45, 2.75) is 11.4 Å². The summed E-state index contributed by atoms with van der Waals surface area (Å²) >= 11 is 12.9. The summed E-state index contributed by atoms with van der Waals surface area (Å²) in [6, 6.07) is 6.04. The first-order valence-corrected chi connectivity index (χ1v) is 8.30. The first kappa shape index (κ1) is 14.6. The number of anilines is 1. The van der Waals surface area contributed by atoms with Crippen molar-refractivity contribution >= 4 is 50.2 Å². The highest BCUT2D eigenvalue weighted by molar-refractivity contribution is 7.93. The summed E-state index contributed by atoms with van der Waals surface area (Å²) in [6.45, 7) is 0.176. The fourth-order valence-electron chi connectivity index (χ4n) is 1.49. The highest BCUT2D eigenvalue weighted by Crippen LogP contribution is 2.28. The van der Waals surface area contributed by atoms with Crippen molar-refractivity contribution in [2.75, 3.05) is 4.72 Å². The smallest absolute Gasteiger partial charge is 0.263 e. The molecule has 0 radical (unpaired) electrons. The molecule has 1 aromatic heterocycles. The molecule has 0 saturated heterocycles. The van der Waals surface area contributed by atoms with Gasteiger partial charge in [0.1, 0.15) is 4.90 Å². The highest BCUT2D eigenvalue weighted by atomic mass is 35.5. The molecule has 0 aliphatic heterocycles. The molecule has 0 aliphatic rings. The number of benzene rings is 1. The maximum atomic E-state index is 12.2. The minimum Gasteiger partial charge on any atom is -0.326 e. The van der Waals surface area contributed by atoms with Gasteiger partial charge < -0.3 is 5.73 Å². The zero-order chi connectivity index (χ0) is 14.0. The Morgan fingerprint density at radius 3 is 2.58 bits per heavy atom. The molecule has 0 fully saturated rings. The molecule has 0 aliphatic carbocycles. The Bertz CT molecular complexity index is 698. The Labute approximate surface area is 125 Å². The predicted molar refractivity (Wildman–Crippen MR) is 79.5 cm³/mol. The van der Waals surface area contributed by atoms with Crippen LogP contribution in [0.25, 0.3) is 0 Å². The first-order valence-electron chi connectivity index (χ1n) is 5.18. The molecule has 19 heavy (non-hydrogen) atoms. The van der Waals surface area contributed by atoms with E-state index in [1.54, 1.807) is 11.4 Å². The van der Waals surface area contributed by atoms with E-state index in [4.69, 9.17) is 28.9 Å². The summed E-state index contributed by atoms with van der Waals surface area (Å²) in [5.41, 5.74) is 5.86. The highest BCUT2D eigenvalue weighted by Gasteiger charge is 2.19. The van der Waals surface area contributed by atoms with E-state index in [1.165, 1.54) is 29.5 Å². The van der Waals surface area contributed by atoms with Crippen LogP contribution in [0.1, 0.15) is 4.88 Å². The number of nitrogens with one attached hydrogen (secondary N) is 1. The van der Waals surface area contributed by atoms with Gasteiger partial charge in [-0.05, 0) is 29.6 Å². The molecule has 3 N–H and O–H groups in total. The van der Waals surface area contributed by atoms with Gasteiger partial charge in [-0.2, -0.15) is 0 Å². The number of sulfonamides is 1. The molecule has 0 unspecified atom stereocenters. The first-order chi connectivity index (χ1) is 8.94. The van der Waals surface area contributed by atoms with Crippen LogP contribution in [0, 0.1) is 0 Å². The van der Waals surface area contributed by atoms with Crippen LogP contribution >= 0.6 is 34.5 Å². The SMILES string of the molecule is NCc1sccc1S(=O)(=O)Nc1ccc(Cl)c(Cl)c1. The van der Waals surface area contributed by atoms with Crippen LogP contribution in [0.3, 0.4) is 0 Å². The van der Waals surface area contributed by atoms with Gasteiger partial charge in [-0.1, -0.05) is 23.2 Å². The zero-order valence-electron chi connectivity index (χ0n) is 9.56. The minimum absolute atomic E-state index is 0.176. The molecule has 102 valence electrons. The van der Waals surface area contributed by atoms with Crippen LogP contribution in [0.4, 0.5) is 5.69 Å². The Morgan fingerprint density at radius 2 is 1.95 bits per heavy atom. The van der Waals surface area contributed by atoms with Crippen LogP contribution in [0.15, 0.2) is 34.5 Å². The van der Waals surface area contributed by atoms with Crippen molar-refractivity contribution in [2.24, 2.45) is 5.73 Å². The topological polar surface area (TPSA) is 72.2 Å². The summed E-state index contributed by atoms with van der Waals surface area (Å²) in [5.74, 6) is 0. The molecule has 0 bridgehead atoms. The molecule has 2 rings (SSSR count). The van der Waals surface area contributed by atoms with Gasteiger partial charge in [0, 0.05) is 11.4 Å². The quantitative estimate of drug-likeness (QED) is 0.899. The van der Waals surface area contributed by atoms with Crippen LogP contribution < -0.4 is 10.5 Å². The lowest BCUT2D eigenvalue weighted by atomic mass is 10.3. The standard InChI is InChI=1S/C11H10Cl2N2O2S2/c12-8-2-1-7(5-9(8)13)15-19(16,17)11-3-4-18-10(11)6-14/h1-5,15H,6,14H2. The van der Waals surface area contributed by atoms with Gasteiger partial charge >= 0.3 is 0 Å². The minimum atomic E-state index is -3.66. The predicted octanol–water partition coefficient (Wildman–Crippen LogP) is 3.31. The molecule has 1 aromatic carbocycles. The Hall–Kier alpha value is -0.790. The lowest BCUT2D eigenvalue weighted by molar-refractivity contribution is 0.600. The molecule has 1 heterocycles. The Morgan fingerprint density at radius 1 is 1.21 bits per heavy atom. The van der Waals surface area contributed by atoms with E-state index in [1.807, 2.05) is 0 Å². The maximum Gasteiger partial charge on any atom is 0.263 e. The van der Waals surface area contributed by atoms with E-state index < -0.39 is 10.0 Å². The fourth-order valence-corrected chi connectivity index (χ4v) is 4.17. The Kier molecular flexibility index (Phi) is 4.37. The van der Waals surface area contributed by atoms with E-state index >= 15 is 0 Å². The zero-order valence-corrected chi connectivity index (χ0v) is 12.7. The van der Waals surface area contributed by atoms with Gasteiger partial charge in [0.15, 0.2) is 0 Å². The number of hydrogen-bond acceptors (Lipinski definition) is 4. The molecule has 4 nitrogen and oxygen atoms in total. The molecule has 8 heteroatoms. The van der Waals surface area contributed by atoms with Gasteiger partial charge in [-0.25, -0.2) is 8.42 Å². The third-order valence-corrected chi connectivity index (χ3v) is 5.63. The largest absolute Gasteiger partial charge is 0.326 e. The van der Waals surface area contributed by atoms with Gasteiger partial charge in [-0.3, -0.25) is 4.72 Å². The van der Waals surface area contributed by atoms with Crippen LogP contribution in [-0.2, 0) is 16.6 Å². The molecular weight excluding hydrogens is 327 g/mol. The van der Waals surface area contributed by atoms with Crippen LogP contribution in [0.2, 0.25) is 10.0 Å². The number of nitrogens with two attached hydrogens (primary N) is 1. The van der Waals surface area contributed by atoms with Crippen molar-refractivity contribution in [1.29, 1.82) is 0 Å². The average Bonchev–Trinajstić information content (AvgIpc) is 2.82. The maximum absolute atomic E-state index is 12.2. The lowest BCUT2D eigenvalue weighted by Crippen LogP contribution is -2.14. The fraction of sp³-hybridized carbons (Fsp3) is 0.0909. The summed E-state index contributed by atoms with van der Waals surface area (Å²) in [6.07, 6.45) is 0. The van der Waals surface area contributed by atoms with Gasteiger partial charge in [-0.15, -0.1) is 11.3 Å². The number of halogens is 2. The van der Waals surface area contributed by atoms with E-state index in [9.17, 15) is 8.42 Å². The third kappa shape index (κ3) is 3.21. The van der Waals surface area contributed by atoms with Crippen molar-refractivity contribution in [3.8, 4) is 0 Å². The second-order valence-corrected chi connectivity index (χ2v) is 7.11. The van der Waals surface area contributed by atoms with Gasteiger partial charge in [0.25, 0.3) is 10.0 Å². The number of thiophene rings is 1. The Balaban J connectivity index is 2.34. The van der Waals surface area contributed by atoms with Crippen molar-refractivity contribution in [3.05, 3.63) is 44.6 Å². The summed E-state index contributed by atoms with van der Waals surface area (Å²) < 4.78 is 26.8. The molecule has 0 spiro atoms.